The summed E-state index contributed by atoms with van der Waals surface area (Å²) >= 11 is 3.51. The van der Waals surface area contributed by atoms with Crippen LogP contribution in [0.5, 0.6) is 0 Å². The standard InChI is InChI=1S/C23H17BrFN3O2/c24-17-9-16-10-19(13-28-22(29)8-2-14-1-7-21(26)27-12-14)30-23(16)20(11-17)15-3-5-18(25)6-4-15/h1-12H,13H2,(H2,26,27)(H,28,29). The maximum absolute atomic E-state index is 13.3. The zero-order chi connectivity index (χ0) is 21.1. The molecule has 7 heteroatoms. The summed E-state index contributed by atoms with van der Waals surface area (Å²) in [5.74, 6) is 0.485. The van der Waals surface area contributed by atoms with Crippen LogP contribution in [-0.2, 0) is 11.3 Å². The lowest BCUT2D eigenvalue weighted by Gasteiger charge is -2.04. The number of carbonyl (C=O) groups excluding carboxylic acids is 1. The second kappa shape index (κ2) is 8.51. The van der Waals surface area contributed by atoms with Gasteiger partial charge in [-0.25, -0.2) is 9.37 Å². The molecular weight excluding hydrogens is 449 g/mol. The number of nitrogen functional groups attached to an aromatic ring is 1. The van der Waals surface area contributed by atoms with Gasteiger partial charge in [0.25, 0.3) is 0 Å². The van der Waals surface area contributed by atoms with Crippen molar-refractivity contribution in [1.82, 2.24) is 10.3 Å². The van der Waals surface area contributed by atoms with E-state index in [0.29, 0.717) is 17.2 Å². The fourth-order valence-corrected chi connectivity index (χ4v) is 3.50. The summed E-state index contributed by atoms with van der Waals surface area (Å²) in [7, 11) is 0. The molecular formula is C23H17BrFN3O2. The van der Waals surface area contributed by atoms with Gasteiger partial charge in [-0.05, 0) is 59.7 Å². The van der Waals surface area contributed by atoms with Crippen molar-refractivity contribution < 1.29 is 13.6 Å². The van der Waals surface area contributed by atoms with Crippen LogP contribution in [0.25, 0.3) is 28.2 Å². The number of benzene rings is 2. The fraction of sp³-hybridized carbons (Fsp3) is 0.0435. The largest absolute Gasteiger partial charge is 0.459 e. The molecule has 3 N–H and O–H groups in total. The number of halogens is 2. The lowest BCUT2D eigenvalue weighted by molar-refractivity contribution is -0.116. The number of carbonyl (C=O) groups is 1. The number of aromatic nitrogens is 1. The average molecular weight is 466 g/mol. The van der Waals surface area contributed by atoms with E-state index in [0.717, 1.165) is 26.5 Å². The Morgan fingerprint density at radius 1 is 1.17 bits per heavy atom. The Balaban J connectivity index is 1.51. The van der Waals surface area contributed by atoms with Crippen LogP contribution >= 0.6 is 15.9 Å². The molecule has 0 saturated heterocycles. The SMILES string of the molecule is Nc1ccc(C=CC(=O)NCc2cc3cc(Br)cc(-c4ccc(F)cc4)c3o2)cn1. The van der Waals surface area contributed by atoms with Gasteiger partial charge in [-0.15, -0.1) is 0 Å². The van der Waals surface area contributed by atoms with Gasteiger partial charge in [0.05, 0.1) is 6.54 Å². The summed E-state index contributed by atoms with van der Waals surface area (Å²) in [4.78, 5) is 16.1. The van der Waals surface area contributed by atoms with E-state index >= 15 is 0 Å². The van der Waals surface area contributed by atoms with Gasteiger partial charge >= 0.3 is 0 Å². The van der Waals surface area contributed by atoms with Gasteiger partial charge < -0.3 is 15.5 Å². The highest BCUT2D eigenvalue weighted by atomic mass is 79.9. The molecule has 0 aliphatic carbocycles. The molecule has 0 saturated carbocycles. The molecule has 5 nitrogen and oxygen atoms in total. The second-order valence-corrected chi connectivity index (χ2v) is 7.57. The molecule has 0 bridgehead atoms. The van der Waals surface area contributed by atoms with Crippen molar-refractivity contribution in [2.75, 3.05) is 5.73 Å². The van der Waals surface area contributed by atoms with Gasteiger partial charge in [-0.3, -0.25) is 4.79 Å². The molecule has 1 amide bonds. The van der Waals surface area contributed by atoms with Crippen LogP contribution in [0.1, 0.15) is 11.3 Å². The van der Waals surface area contributed by atoms with Gasteiger partial charge in [-0.1, -0.05) is 28.1 Å². The van der Waals surface area contributed by atoms with E-state index in [1.807, 2.05) is 18.2 Å². The average Bonchev–Trinajstić information content (AvgIpc) is 3.14. The van der Waals surface area contributed by atoms with Crippen LogP contribution < -0.4 is 11.1 Å². The third-order valence-corrected chi connectivity index (χ3v) is 4.92. The first-order valence-electron chi connectivity index (χ1n) is 9.13. The van der Waals surface area contributed by atoms with Crippen LogP contribution in [0.3, 0.4) is 0 Å². The van der Waals surface area contributed by atoms with Crippen molar-refractivity contribution in [3.63, 3.8) is 0 Å². The number of rotatable bonds is 5. The predicted molar refractivity (Wildman–Crippen MR) is 119 cm³/mol. The monoisotopic (exact) mass is 465 g/mol. The summed E-state index contributed by atoms with van der Waals surface area (Å²) in [5.41, 5.74) is 8.68. The third-order valence-electron chi connectivity index (χ3n) is 4.46. The zero-order valence-corrected chi connectivity index (χ0v) is 17.3. The normalized spacial score (nSPS) is 11.3. The smallest absolute Gasteiger partial charge is 0.244 e. The summed E-state index contributed by atoms with van der Waals surface area (Å²) in [6.45, 7) is 0.234. The van der Waals surface area contributed by atoms with Crippen molar-refractivity contribution in [3.8, 4) is 11.1 Å². The van der Waals surface area contributed by atoms with Crippen LogP contribution in [0.15, 0.2) is 75.8 Å². The number of hydrogen-bond donors (Lipinski definition) is 2. The number of nitrogens with one attached hydrogen (secondary N) is 1. The molecule has 4 aromatic rings. The van der Waals surface area contributed by atoms with Crippen LogP contribution in [0.2, 0.25) is 0 Å². The molecule has 0 atom stereocenters. The molecule has 2 aromatic heterocycles. The lowest BCUT2D eigenvalue weighted by Crippen LogP contribution is -2.19. The van der Waals surface area contributed by atoms with E-state index in [9.17, 15) is 9.18 Å². The molecule has 0 unspecified atom stereocenters. The Kier molecular flexibility index (Phi) is 5.63. The number of nitrogens with two attached hydrogens (primary N) is 1. The number of hydrogen-bond acceptors (Lipinski definition) is 4. The van der Waals surface area contributed by atoms with Crippen molar-refractivity contribution in [1.29, 1.82) is 0 Å². The van der Waals surface area contributed by atoms with Gasteiger partial charge in [0.2, 0.25) is 5.91 Å². The number of anilines is 1. The van der Waals surface area contributed by atoms with E-state index in [-0.39, 0.29) is 18.3 Å². The minimum atomic E-state index is -0.296. The van der Waals surface area contributed by atoms with Crippen molar-refractivity contribution in [3.05, 3.63) is 88.5 Å². The molecule has 0 radical (unpaired) electrons. The lowest BCUT2D eigenvalue weighted by atomic mass is 10.0. The molecule has 0 aliphatic rings. The summed E-state index contributed by atoms with van der Waals surface area (Å²) in [6, 6.07) is 15.4. The van der Waals surface area contributed by atoms with Crippen molar-refractivity contribution in [2.45, 2.75) is 6.54 Å². The number of amides is 1. The number of fused-ring (bicyclic) bond motifs is 1. The molecule has 150 valence electrons. The molecule has 2 aromatic carbocycles. The maximum atomic E-state index is 13.3. The van der Waals surface area contributed by atoms with E-state index in [1.54, 1.807) is 36.5 Å². The number of pyridine rings is 1. The van der Waals surface area contributed by atoms with Gasteiger partial charge in [0, 0.05) is 27.7 Å². The summed E-state index contributed by atoms with van der Waals surface area (Å²) in [6.07, 6.45) is 4.67. The molecule has 2 heterocycles. The molecule has 0 fully saturated rings. The summed E-state index contributed by atoms with van der Waals surface area (Å²) < 4.78 is 20.1. The van der Waals surface area contributed by atoms with Crippen LogP contribution in [0.4, 0.5) is 10.2 Å². The molecule has 0 spiro atoms. The van der Waals surface area contributed by atoms with Crippen LogP contribution in [0, 0.1) is 5.82 Å². The van der Waals surface area contributed by atoms with E-state index in [2.05, 4.69) is 26.2 Å². The topological polar surface area (TPSA) is 81.2 Å². The highest BCUT2D eigenvalue weighted by Crippen LogP contribution is 2.34. The highest BCUT2D eigenvalue weighted by Gasteiger charge is 2.12. The van der Waals surface area contributed by atoms with Crippen molar-refractivity contribution in [2.24, 2.45) is 0 Å². The van der Waals surface area contributed by atoms with E-state index in [1.165, 1.54) is 18.2 Å². The first-order chi connectivity index (χ1) is 14.5. The Bertz CT molecular complexity index is 1230. The second-order valence-electron chi connectivity index (χ2n) is 6.66. The van der Waals surface area contributed by atoms with E-state index < -0.39 is 0 Å². The predicted octanol–water partition coefficient (Wildman–Crippen LogP) is 5.31. The van der Waals surface area contributed by atoms with Gasteiger partial charge in [-0.2, -0.15) is 0 Å². The Hall–Kier alpha value is -3.45. The molecule has 30 heavy (non-hydrogen) atoms. The zero-order valence-electron chi connectivity index (χ0n) is 15.7. The van der Waals surface area contributed by atoms with E-state index in [4.69, 9.17) is 10.2 Å². The Morgan fingerprint density at radius 3 is 2.70 bits per heavy atom. The Labute approximate surface area is 180 Å². The maximum Gasteiger partial charge on any atom is 0.244 e. The first-order valence-corrected chi connectivity index (χ1v) is 9.92. The minimum absolute atomic E-state index is 0.234. The summed E-state index contributed by atoms with van der Waals surface area (Å²) in [5, 5.41) is 3.68. The van der Waals surface area contributed by atoms with Gasteiger partial charge in [0.1, 0.15) is 23.0 Å². The Morgan fingerprint density at radius 2 is 1.97 bits per heavy atom. The number of nitrogens with zero attached hydrogens (tertiary/aromatic N) is 1. The highest BCUT2D eigenvalue weighted by molar-refractivity contribution is 9.10. The third kappa shape index (κ3) is 4.58. The van der Waals surface area contributed by atoms with Crippen LogP contribution in [-0.4, -0.2) is 10.9 Å². The fourth-order valence-electron chi connectivity index (χ4n) is 3.02. The minimum Gasteiger partial charge on any atom is -0.459 e. The first kappa shape index (κ1) is 19.8. The van der Waals surface area contributed by atoms with Crippen molar-refractivity contribution >= 4 is 44.7 Å². The quantitative estimate of drug-likeness (QED) is 0.391. The number of furan rings is 1. The molecule has 4 rings (SSSR count). The van der Waals surface area contributed by atoms with Gasteiger partial charge in [0.15, 0.2) is 0 Å². The molecule has 0 aliphatic heterocycles.